The van der Waals surface area contributed by atoms with E-state index in [4.69, 9.17) is 25.8 Å². The van der Waals surface area contributed by atoms with Crippen LogP contribution in [0.2, 0.25) is 5.02 Å². The van der Waals surface area contributed by atoms with Gasteiger partial charge in [-0.1, -0.05) is 47.7 Å². The summed E-state index contributed by atoms with van der Waals surface area (Å²) in [6.45, 7) is 0.162. The van der Waals surface area contributed by atoms with Gasteiger partial charge in [-0.05, 0) is 41.3 Å². The second-order valence-electron chi connectivity index (χ2n) is 7.50. The maximum Gasteiger partial charge on any atom is 0.149 e. The summed E-state index contributed by atoms with van der Waals surface area (Å²) in [5.74, 6) is 6.37. The number of rotatable bonds is 7. The predicted molar refractivity (Wildman–Crippen MR) is 119 cm³/mol. The Morgan fingerprint density at radius 1 is 0.969 bits per heavy atom. The van der Waals surface area contributed by atoms with Gasteiger partial charge in [-0.15, -0.1) is 0 Å². The summed E-state index contributed by atoms with van der Waals surface area (Å²) in [4.78, 5) is 0. The summed E-state index contributed by atoms with van der Waals surface area (Å²) >= 11 is 6.39. The van der Waals surface area contributed by atoms with E-state index in [0.717, 1.165) is 11.1 Å². The van der Waals surface area contributed by atoms with Crippen molar-refractivity contribution in [1.29, 1.82) is 0 Å². The van der Waals surface area contributed by atoms with Gasteiger partial charge in [-0.3, -0.25) is 0 Å². The highest BCUT2D eigenvalue weighted by Crippen LogP contribution is 2.34. The number of halogens is 1. The molecule has 0 saturated carbocycles. The molecule has 32 heavy (non-hydrogen) atoms. The molecule has 0 aromatic heterocycles. The summed E-state index contributed by atoms with van der Waals surface area (Å²) in [5.41, 5.74) is 2.40. The average molecular weight is 463 g/mol. The Labute approximate surface area is 192 Å². The molecular weight excluding hydrogens is 436 g/mol. The van der Waals surface area contributed by atoms with E-state index in [1.165, 1.54) is 0 Å². The van der Waals surface area contributed by atoms with Gasteiger partial charge < -0.3 is 34.6 Å². The van der Waals surface area contributed by atoms with E-state index in [0.29, 0.717) is 29.4 Å². The molecule has 7 nitrogen and oxygen atoms in total. The number of hydrogen-bond donors (Lipinski definition) is 4. The fourth-order valence-electron chi connectivity index (χ4n) is 3.50. The first-order chi connectivity index (χ1) is 15.4. The van der Waals surface area contributed by atoms with Crippen LogP contribution in [0.4, 0.5) is 0 Å². The third kappa shape index (κ3) is 6.00. The Kier molecular flexibility index (Phi) is 8.91. The van der Waals surface area contributed by atoms with E-state index in [1.807, 2.05) is 24.3 Å². The second kappa shape index (κ2) is 11.6. The van der Waals surface area contributed by atoms with Crippen molar-refractivity contribution >= 4 is 11.6 Å². The highest BCUT2D eigenvalue weighted by atomic mass is 35.5. The molecule has 1 heterocycles. The van der Waals surface area contributed by atoms with Crippen molar-refractivity contribution in [1.82, 2.24) is 0 Å². The van der Waals surface area contributed by atoms with Crippen LogP contribution in [0, 0.1) is 11.8 Å². The number of hydrogen-bond acceptors (Lipinski definition) is 7. The fourth-order valence-corrected chi connectivity index (χ4v) is 3.69. The van der Waals surface area contributed by atoms with E-state index in [-0.39, 0.29) is 6.61 Å². The lowest BCUT2D eigenvalue weighted by molar-refractivity contribution is -0.231. The van der Waals surface area contributed by atoms with Gasteiger partial charge in [0.05, 0.1) is 6.61 Å². The summed E-state index contributed by atoms with van der Waals surface area (Å²) in [5, 5.41) is 40.4. The van der Waals surface area contributed by atoms with Crippen molar-refractivity contribution < 1.29 is 34.6 Å². The Morgan fingerprint density at radius 3 is 2.38 bits per heavy atom. The smallest absolute Gasteiger partial charge is 0.149 e. The third-order valence-electron chi connectivity index (χ3n) is 5.26. The van der Waals surface area contributed by atoms with Crippen LogP contribution in [0.15, 0.2) is 42.5 Å². The van der Waals surface area contributed by atoms with Crippen molar-refractivity contribution in [2.75, 3.05) is 26.9 Å². The number of ether oxygens (including phenoxy) is 3. The molecule has 8 heteroatoms. The Hall–Kier alpha value is -2.15. The second-order valence-corrected chi connectivity index (χ2v) is 7.90. The number of aliphatic hydroxyl groups is 4. The topological polar surface area (TPSA) is 109 Å². The summed E-state index contributed by atoms with van der Waals surface area (Å²) in [7, 11) is 1.58. The molecule has 0 bridgehead atoms. The van der Waals surface area contributed by atoms with Crippen molar-refractivity contribution in [2.24, 2.45) is 0 Å². The molecule has 4 N–H and O–H groups in total. The standard InChI is InChI=1S/C24H27ClO7/c1-30-10-2-3-11-31-18-7-4-15(5-8-18)12-17-13-16(6-9-19(17)25)24-23(29)22(28)21(27)20(14-26)32-24/h4-9,13,20-24,26-29H,10-12,14H2,1H3/t20-,21-,22+,23-,24+/m1/s1. The zero-order valence-corrected chi connectivity index (χ0v) is 18.4. The first kappa shape index (κ1) is 24.5. The molecule has 0 radical (unpaired) electrons. The lowest BCUT2D eigenvalue weighted by Gasteiger charge is -2.40. The first-order valence-electron chi connectivity index (χ1n) is 10.2. The molecule has 1 saturated heterocycles. The molecule has 0 amide bonds. The first-order valence-corrected chi connectivity index (χ1v) is 10.6. The Morgan fingerprint density at radius 2 is 1.69 bits per heavy atom. The fraction of sp³-hybridized carbons (Fsp3) is 0.417. The zero-order valence-electron chi connectivity index (χ0n) is 17.6. The third-order valence-corrected chi connectivity index (χ3v) is 5.63. The Balaban J connectivity index is 1.70. The van der Waals surface area contributed by atoms with Crippen LogP contribution >= 0.6 is 11.6 Å². The van der Waals surface area contributed by atoms with Gasteiger partial charge in [0.15, 0.2) is 0 Å². The minimum Gasteiger partial charge on any atom is -0.481 e. The van der Waals surface area contributed by atoms with E-state index < -0.39 is 37.1 Å². The monoisotopic (exact) mass is 462 g/mol. The molecule has 0 spiro atoms. The predicted octanol–water partition coefficient (Wildman–Crippen LogP) is 1.47. The normalized spacial score (nSPS) is 25.1. The molecule has 3 rings (SSSR count). The highest BCUT2D eigenvalue weighted by Gasteiger charge is 2.44. The lowest BCUT2D eigenvalue weighted by Crippen LogP contribution is -2.55. The van der Waals surface area contributed by atoms with Gasteiger partial charge in [-0.2, -0.15) is 0 Å². The van der Waals surface area contributed by atoms with Crippen LogP contribution in [0.3, 0.4) is 0 Å². The molecular formula is C24H27ClO7. The van der Waals surface area contributed by atoms with Gasteiger partial charge in [-0.25, -0.2) is 0 Å². The summed E-state index contributed by atoms with van der Waals surface area (Å²) in [6, 6.07) is 12.7. The minimum atomic E-state index is -1.43. The van der Waals surface area contributed by atoms with Gasteiger partial charge in [0.2, 0.25) is 0 Å². The SMILES string of the molecule is COCC#CCOc1ccc(Cc2cc([C@@H]3O[C@H](CO)[C@@H](O)[C@H](O)[C@H]3O)ccc2Cl)cc1. The van der Waals surface area contributed by atoms with Gasteiger partial charge in [0.1, 0.15) is 49.5 Å². The summed E-state index contributed by atoms with van der Waals surface area (Å²) < 4.78 is 16.1. The molecule has 0 unspecified atom stereocenters. The maximum atomic E-state index is 10.4. The largest absolute Gasteiger partial charge is 0.481 e. The summed E-state index contributed by atoms with van der Waals surface area (Å²) in [6.07, 6.45) is -5.52. The maximum absolute atomic E-state index is 10.4. The van der Waals surface area contributed by atoms with E-state index in [9.17, 15) is 20.4 Å². The van der Waals surface area contributed by atoms with Crippen molar-refractivity contribution in [3.63, 3.8) is 0 Å². The van der Waals surface area contributed by atoms with Crippen molar-refractivity contribution in [3.8, 4) is 17.6 Å². The van der Waals surface area contributed by atoms with Crippen LogP contribution in [0.1, 0.15) is 22.8 Å². The van der Waals surface area contributed by atoms with Crippen molar-refractivity contribution in [2.45, 2.75) is 36.9 Å². The highest BCUT2D eigenvalue weighted by molar-refractivity contribution is 6.31. The lowest BCUT2D eigenvalue weighted by atomic mass is 9.90. The Bertz CT molecular complexity index is 936. The van der Waals surface area contributed by atoms with Crippen LogP contribution in [-0.2, 0) is 15.9 Å². The zero-order chi connectivity index (χ0) is 23.1. The van der Waals surface area contributed by atoms with E-state index >= 15 is 0 Å². The van der Waals surface area contributed by atoms with Gasteiger partial charge >= 0.3 is 0 Å². The minimum absolute atomic E-state index is 0.273. The molecule has 2 aromatic rings. The van der Waals surface area contributed by atoms with Gasteiger partial charge in [0, 0.05) is 12.1 Å². The van der Waals surface area contributed by atoms with Gasteiger partial charge in [0.25, 0.3) is 0 Å². The average Bonchev–Trinajstić information content (AvgIpc) is 2.80. The van der Waals surface area contributed by atoms with Crippen molar-refractivity contribution in [3.05, 3.63) is 64.2 Å². The molecule has 172 valence electrons. The molecule has 5 atom stereocenters. The van der Waals surface area contributed by atoms with Crippen LogP contribution < -0.4 is 4.74 Å². The molecule has 0 aliphatic carbocycles. The van der Waals surface area contributed by atoms with E-state index in [2.05, 4.69) is 11.8 Å². The number of aliphatic hydroxyl groups excluding tert-OH is 4. The molecule has 1 aliphatic rings. The van der Waals surface area contributed by atoms with Crippen LogP contribution in [0.25, 0.3) is 0 Å². The molecule has 2 aromatic carbocycles. The number of benzene rings is 2. The quantitative estimate of drug-likeness (QED) is 0.461. The molecule has 1 aliphatic heterocycles. The van der Waals surface area contributed by atoms with E-state index in [1.54, 1.807) is 25.3 Å². The molecule has 1 fully saturated rings. The van der Waals surface area contributed by atoms with Crippen LogP contribution in [0.5, 0.6) is 5.75 Å². The van der Waals surface area contributed by atoms with Crippen LogP contribution in [-0.4, -0.2) is 71.8 Å². The number of methoxy groups -OCH3 is 1.